The molecule has 3 rings (SSSR count). The van der Waals surface area contributed by atoms with Gasteiger partial charge in [0.1, 0.15) is 11.6 Å². The van der Waals surface area contributed by atoms with E-state index in [1.807, 2.05) is 13.0 Å². The van der Waals surface area contributed by atoms with Crippen molar-refractivity contribution in [3.05, 3.63) is 52.8 Å². The van der Waals surface area contributed by atoms with Gasteiger partial charge in [-0.05, 0) is 75.7 Å². The van der Waals surface area contributed by atoms with Gasteiger partial charge >= 0.3 is 6.18 Å². The second-order valence-corrected chi connectivity index (χ2v) is 10.4. The zero-order valence-electron chi connectivity index (χ0n) is 18.6. The molecule has 0 aliphatic carbocycles. The van der Waals surface area contributed by atoms with Crippen molar-refractivity contribution in [3.8, 4) is 0 Å². The molecule has 0 saturated carbocycles. The minimum Gasteiger partial charge on any atom is -0.382 e. The Labute approximate surface area is 182 Å². The molecule has 2 aromatic carbocycles. The summed E-state index contributed by atoms with van der Waals surface area (Å²) in [5.74, 6) is 1.24. The summed E-state index contributed by atoms with van der Waals surface area (Å²) in [5, 5.41) is 8.84. The quantitative estimate of drug-likeness (QED) is 0.450. The first-order valence-corrected chi connectivity index (χ1v) is 12.4. The largest absolute Gasteiger partial charge is 0.416 e. The van der Waals surface area contributed by atoms with Crippen molar-refractivity contribution in [2.75, 3.05) is 24.0 Å². The SMILES string of the molecule is Cc1nc(NCc2cccc(C(F)(F)F)c2C)c2cc(P(C)C)c(NC(C)C)cc2n1. The third-order valence-electron chi connectivity index (χ3n) is 5.05. The van der Waals surface area contributed by atoms with Crippen molar-refractivity contribution in [2.45, 2.75) is 46.5 Å². The molecular formula is C23H28F3N4P. The lowest BCUT2D eigenvalue weighted by Crippen LogP contribution is -2.17. The number of alkyl halides is 3. The van der Waals surface area contributed by atoms with E-state index in [2.05, 4.69) is 53.8 Å². The molecular weight excluding hydrogens is 420 g/mol. The van der Waals surface area contributed by atoms with Crippen molar-refractivity contribution in [1.29, 1.82) is 0 Å². The van der Waals surface area contributed by atoms with E-state index in [1.54, 1.807) is 6.07 Å². The van der Waals surface area contributed by atoms with Crippen LogP contribution in [0.5, 0.6) is 0 Å². The van der Waals surface area contributed by atoms with Crippen LogP contribution in [0.15, 0.2) is 30.3 Å². The van der Waals surface area contributed by atoms with Crippen molar-refractivity contribution >= 4 is 35.6 Å². The van der Waals surface area contributed by atoms with Gasteiger partial charge < -0.3 is 10.6 Å². The minimum absolute atomic E-state index is 0.229. The van der Waals surface area contributed by atoms with Crippen LogP contribution in [0.2, 0.25) is 0 Å². The third-order valence-corrected chi connectivity index (χ3v) is 6.38. The van der Waals surface area contributed by atoms with Crippen LogP contribution in [0.25, 0.3) is 10.9 Å². The van der Waals surface area contributed by atoms with Gasteiger partial charge in [-0.25, -0.2) is 9.97 Å². The number of fused-ring (bicyclic) bond motifs is 1. The Kier molecular flexibility index (Phi) is 6.75. The van der Waals surface area contributed by atoms with Gasteiger partial charge in [-0.2, -0.15) is 13.2 Å². The molecule has 0 aliphatic rings. The first kappa shape index (κ1) is 23.3. The molecule has 8 heteroatoms. The maximum Gasteiger partial charge on any atom is 0.416 e. The van der Waals surface area contributed by atoms with E-state index < -0.39 is 11.7 Å². The molecule has 0 saturated heterocycles. The fourth-order valence-corrected chi connectivity index (χ4v) is 4.57. The number of anilines is 2. The van der Waals surface area contributed by atoms with Gasteiger partial charge in [0, 0.05) is 23.7 Å². The minimum atomic E-state index is -4.37. The van der Waals surface area contributed by atoms with E-state index >= 15 is 0 Å². The van der Waals surface area contributed by atoms with Crippen LogP contribution < -0.4 is 15.9 Å². The highest BCUT2D eigenvalue weighted by Gasteiger charge is 2.32. The Balaban J connectivity index is 2.02. The van der Waals surface area contributed by atoms with Crippen LogP contribution in [-0.2, 0) is 12.7 Å². The lowest BCUT2D eigenvalue weighted by atomic mass is 10.0. The highest BCUT2D eigenvalue weighted by molar-refractivity contribution is 7.64. The average Bonchev–Trinajstić information content (AvgIpc) is 2.64. The summed E-state index contributed by atoms with van der Waals surface area (Å²) in [6, 6.07) is 8.70. The van der Waals surface area contributed by atoms with Crippen LogP contribution in [0.4, 0.5) is 24.7 Å². The number of aryl methyl sites for hydroxylation is 1. The third kappa shape index (κ3) is 5.27. The second-order valence-electron chi connectivity index (χ2n) is 8.14. The summed E-state index contributed by atoms with van der Waals surface area (Å²) in [6.07, 6.45) is -4.37. The zero-order chi connectivity index (χ0) is 22.9. The Bertz CT molecular complexity index is 1090. The zero-order valence-corrected chi connectivity index (χ0v) is 19.5. The Morgan fingerprint density at radius 3 is 2.39 bits per heavy atom. The lowest BCUT2D eigenvalue weighted by Gasteiger charge is -2.20. The number of aromatic nitrogens is 2. The van der Waals surface area contributed by atoms with Crippen molar-refractivity contribution < 1.29 is 13.2 Å². The topological polar surface area (TPSA) is 49.8 Å². The van der Waals surface area contributed by atoms with Gasteiger partial charge in [0.2, 0.25) is 0 Å². The summed E-state index contributed by atoms with van der Waals surface area (Å²) in [6.45, 7) is 12.1. The van der Waals surface area contributed by atoms with E-state index in [1.165, 1.54) is 18.3 Å². The van der Waals surface area contributed by atoms with Gasteiger partial charge in [-0.15, -0.1) is 0 Å². The van der Waals surface area contributed by atoms with E-state index in [0.29, 0.717) is 17.2 Å². The van der Waals surface area contributed by atoms with Crippen LogP contribution in [-0.4, -0.2) is 29.3 Å². The number of nitrogens with zero attached hydrogens (tertiary/aromatic N) is 2. The van der Waals surface area contributed by atoms with E-state index in [4.69, 9.17) is 0 Å². The van der Waals surface area contributed by atoms with E-state index in [9.17, 15) is 13.2 Å². The first-order valence-electron chi connectivity index (χ1n) is 10.1. The fourth-order valence-electron chi connectivity index (χ4n) is 3.57. The second kappa shape index (κ2) is 8.99. The number of benzene rings is 2. The normalized spacial score (nSPS) is 12.1. The predicted octanol–water partition coefficient (Wildman–Crippen LogP) is 6.06. The number of rotatable bonds is 6. The maximum atomic E-state index is 13.3. The number of halogens is 3. The molecule has 0 radical (unpaired) electrons. The molecule has 0 amide bonds. The monoisotopic (exact) mass is 448 g/mol. The Morgan fingerprint density at radius 1 is 1.06 bits per heavy atom. The maximum absolute atomic E-state index is 13.3. The van der Waals surface area contributed by atoms with Crippen LogP contribution in [0, 0.1) is 13.8 Å². The molecule has 166 valence electrons. The van der Waals surface area contributed by atoms with Gasteiger partial charge in [0.15, 0.2) is 0 Å². The molecule has 1 aromatic heterocycles. The smallest absolute Gasteiger partial charge is 0.382 e. The van der Waals surface area contributed by atoms with Crippen LogP contribution in [0.3, 0.4) is 0 Å². The van der Waals surface area contributed by atoms with E-state index in [-0.39, 0.29) is 26.1 Å². The van der Waals surface area contributed by atoms with Crippen molar-refractivity contribution in [3.63, 3.8) is 0 Å². The molecule has 4 nitrogen and oxygen atoms in total. The van der Waals surface area contributed by atoms with Crippen LogP contribution >= 0.6 is 7.92 Å². The molecule has 1 heterocycles. The molecule has 31 heavy (non-hydrogen) atoms. The average molecular weight is 448 g/mol. The van der Waals surface area contributed by atoms with Gasteiger partial charge in [0.25, 0.3) is 0 Å². The van der Waals surface area contributed by atoms with Crippen molar-refractivity contribution in [1.82, 2.24) is 9.97 Å². The predicted molar refractivity (Wildman–Crippen MR) is 125 cm³/mol. The first-order chi connectivity index (χ1) is 14.5. The summed E-state index contributed by atoms with van der Waals surface area (Å²) < 4.78 is 39.8. The molecule has 0 unspecified atom stereocenters. The van der Waals surface area contributed by atoms with Gasteiger partial charge in [-0.3, -0.25) is 0 Å². The number of hydrogen-bond donors (Lipinski definition) is 2. The molecule has 0 fully saturated rings. The molecule has 2 N–H and O–H groups in total. The summed E-state index contributed by atoms with van der Waals surface area (Å²) >= 11 is 0. The standard InChI is InChI=1S/C23H28F3N4P/c1-13(2)28-20-11-19-17(10-21(20)31(5)6)22(30-15(4)29-19)27-12-16-8-7-9-18(14(16)3)23(24,25)26/h7-11,13,28H,12H2,1-6H3,(H,27,29,30). The summed E-state index contributed by atoms with van der Waals surface area (Å²) in [4.78, 5) is 9.14. The Morgan fingerprint density at radius 2 is 1.77 bits per heavy atom. The van der Waals surface area contributed by atoms with Gasteiger partial charge in [-0.1, -0.05) is 20.1 Å². The van der Waals surface area contributed by atoms with E-state index in [0.717, 1.165) is 22.7 Å². The fraction of sp³-hybridized carbons (Fsp3) is 0.391. The number of nitrogens with one attached hydrogen (secondary N) is 2. The molecule has 0 atom stereocenters. The molecule has 0 aliphatic heterocycles. The van der Waals surface area contributed by atoms with Crippen molar-refractivity contribution in [2.24, 2.45) is 0 Å². The summed E-state index contributed by atoms with van der Waals surface area (Å²) in [5.41, 5.74) is 2.08. The molecule has 3 aromatic rings. The lowest BCUT2D eigenvalue weighted by molar-refractivity contribution is -0.138. The number of hydrogen-bond acceptors (Lipinski definition) is 4. The Hall–Kier alpha value is -2.40. The highest BCUT2D eigenvalue weighted by Crippen LogP contribution is 2.35. The summed E-state index contributed by atoms with van der Waals surface area (Å²) in [7, 11) is -0.387. The van der Waals surface area contributed by atoms with Crippen LogP contribution in [0.1, 0.15) is 36.4 Å². The van der Waals surface area contributed by atoms with Gasteiger partial charge in [0.05, 0.1) is 11.1 Å². The molecule has 0 spiro atoms. The highest BCUT2D eigenvalue weighted by atomic mass is 31.1. The molecule has 0 bridgehead atoms.